The van der Waals surface area contributed by atoms with Crippen molar-refractivity contribution in [3.63, 3.8) is 0 Å². The molecule has 20 heavy (non-hydrogen) atoms. The molecule has 2 nitrogen and oxygen atoms in total. The average molecular weight is 278 g/mol. The minimum atomic E-state index is -0.186. The first kappa shape index (κ1) is 15.5. The van der Waals surface area contributed by atoms with E-state index in [0.29, 0.717) is 5.41 Å². The molecule has 0 saturated carbocycles. The Morgan fingerprint density at radius 3 is 2.25 bits per heavy atom. The van der Waals surface area contributed by atoms with Crippen LogP contribution in [0, 0.1) is 11.2 Å². The van der Waals surface area contributed by atoms with Gasteiger partial charge in [0.1, 0.15) is 5.82 Å². The van der Waals surface area contributed by atoms with Crippen LogP contribution in [0.15, 0.2) is 24.3 Å². The van der Waals surface area contributed by atoms with Gasteiger partial charge in [0.05, 0.1) is 0 Å². The summed E-state index contributed by atoms with van der Waals surface area (Å²) in [6.45, 7) is 8.85. The summed E-state index contributed by atoms with van der Waals surface area (Å²) < 4.78 is 13.1. The normalized spacial score (nSPS) is 22.4. The maximum Gasteiger partial charge on any atom is 0.123 e. The average Bonchev–Trinajstić information content (AvgIpc) is 2.43. The van der Waals surface area contributed by atoms with Gasteiger partial charge in [0, 0.05) is 12.1 Å². The van der Waals surface area contributed by atoms with Gasteiger partial charge in [0.15, 0.2) is 0 Å². The molecule has 2 atom stereocenters. The molecule has 0 spiro atoms. The highest BCUT2D eigenvalue weighted by molar-refractivity contribution is 5.21. The van der Waals surface area contributed by atoms with Crippen molar-refractivity contribution >= 4 is 0 Å². The van der Waals surface area contributed by atoms with Gasteiger partial charge in [-0.3, -0.25) is 4.90 Å². The summed E-state index contributed by atoms with van der Waals surface area (Å²) >= 11 is 0. The smallest absolute Gasteiger partial charge is 0.123 e. The molecule has 0 radical (unpaired) electrons. The highest BCUT2D eigenvalue weighted by atomic mass is 19.1. The minimum Gasteiger partial charge on any atom is -0.326 e. The van der Waals surface area contributed by atoms with Gasteiger partial charge in [0.25, 0.3) is 0 Å². The fraction of sp³-hybridized carbons (Fsp3) is 0.647. The molecule has 112 valence electrons. The van der Waals surface area contributed by atoms with E-state index in [1.165, 1.54) is 31.4 Å². The third kappa shape index (κ3) is 3.39. The van der Waals surface area contributed by atoms with Crippen LogP contribution < -0.4 is 5.73 Å². The second-order valence-electron chi connectivity index (χ2n) is 6.56. The van der Waals surface area contributed by atoms with E-state index in [-0.39, 0.29) is 17.9 Å². The van der Waals surface area contributed by atoms with Crippen molar-refractivity contribution in [1.82, 2.24) is 4.90 Å². The molecule has 2 rings (SSSR count). The van der Waals surface area contributed by atoms with Gasteiger partial charge in [-0.15, -0.1) is 0 Å². The molecular weight excluding hydrogens is 251 g/mol. The quantitative estimate of drug-likeness (QED) is 0.909. The molecule has 0 bridgehead atoms. The predicted molar refractivity (Wildman–Crippen MR) is 82.0 cm³/mol. The van der Waals surface area contributed by atoms with Crippen molar-refractivity contribution in [3.05, 3.63) is 35.6 Å². The van der Waals surface area contributed by atoms with Gasteiger partial charge in [-0.05, 0) is 56.0 Å². The Morgan fingerprint density at radius 1 is 1.25 bits per heavy atom. The minimum absolute atomic E-state index is 0.0476. The van der Waals surface area contributed by atoms with Gasteiger partial charge in [-0.25, -0.2) is 4.39 Å². The van der Waals surface area contributed by atoms with Crippen LogP contribution in [0.1, 0.15) is 51.6 Å². The molecule has 0 aliphatic carbocycles. The van der Waals surface area contributed by atoms with E-state index in [4.69, 9.17) is 5.73 Å². The molecule has 3 heteroatoms. The number of hydrogen-bond donors (Lipinski definition) is 1. The molecule has 0 aromatic heterocycles. The van der Waals surface area contributed by atoms with Gasteiger partial charge < -0.3 is 5.73 Å². The second kappa shape index (κ2) is 6.23. The number of piperidine rings is 1. The first-order valence-corrected chi connectivity index (χ1v) is 7.70. The van der Waals surface area contributed by atoms with Crippen LogP contribution in [0.2, 0.25) is 0 Å². The van der Waals surface area contributed by atoms with Crippen LogP contribution in [-0.4, -0.2) is 24.0 Å². The Hall–Kier alpha value is -0.930. The third-order valence-corrected chi connectivity index (χ3v) is 4.96. The number of nitrogens with two attached hydrogens (primary N) is 1. The van der Waals surface area contributed by atoms with Gasteiger partial charge in [0.2, 0.25) is 0 Å². The topological polar surface area (TPSA) is 29.3 Å². The number of halogens is 1. The van der Waals surface area contributed by atoms with Crippen LogP contribution in [0.4, 0.5) is 4.39 Å². The second-order valence-corrected chi connectivity index (χ2v) is 6.56. The summed E-state index contributed by atoms with van der Waals surface area (Å²) in [6.07, 6.45) is 3.67. The number of likely N-dealkylation sites (tertiary alicyclic amines) is 1. The molecule has 1 aromatic rings. The van der Waals surface area contributed by atoms with Crippen LogP contribution in [0.25, 0.3) is 0 Å². The molecule has 1 saturated heterocycles. The molecule has 1 aromatic carbocycles. The van der Waals surface area contributed by atoms with Crippen molar-refractivity contribution in [3.8, 4) is 0 Å². The summed E-state index contributed by atoms with van der Waals surface area (Å²) in [5.41, 5.74) is 7.80. The summed E-state index contributed by atoms with van der Waals surface area (Å²) in [5, 5.41) is 0. The van der Waals surface area contributed by atoms with Crippen molar-refractivity contribution in [2.24, 2.45) is 11.1 Å². The maximum absolute atomic E-state index is 13.1. The molecule has 1 fully saturated rings. The van der Waals surface area contributed by atoms with Crippen LogP contribution in [-0.2, 0) is 0 Å². The first-order valence-electron chi connectivity index (χ1n) is 7.70. The van der Waals surface area contributed by atoms with E-state index in [0.717, 1.165) is 18.7 Å². The van der Waals surface area contributed by atoms with E-state index < -0.39 is 0 Å². The SMILES string of the molecule is CCC1(C)CCN(C(c2ccc(F)cc2)C(C)N)CC1. The zero-order valence-electron chi connectivity index (χ0n) is 12.9. The zero-order valence-corrected chi connectivity index (χ0v) is 12.9. The first-order chi connectivity index (χ1) is 9.45. The largest absolute Gasteiger partial charge is 0.326 e. The molecule has 1 aliphatic rings. The lowest BCUT2D eigenvalue weighted by molar-refractivity contribution is 0.0721. The van der Waals surface area contributed by atoms with E-state index in [9.17, 15) is 4.39 Å². The van der Waals surface area contributed by atoms with Gasteiger partial charge >= 0.3 is 0 Å². The standard InChI is InChI=1S/C17H27FN2/c1-4-17(3)9-11-20(12-10-17)16(13(2)19)14-5-7-15(18)8-6-14/h5-8,13,16H,4,9-12,19H2,1-3H3. The van der Waals surface area contributed by atoms with Crippen LogP contribution in [0.3, 0.4) is 0 Å². The predicted octanol–water partition coefficient (Wildman–Crippen LogP) is 3.73. The Balaban J connectivity index is 2.13. The monoisotopic (exact) mass is 278 g/mol. The van der Waals surface area contributed by atoms with E-state index in [1.54, 1.807) is 0 Å². The Kier molecular flexibility index (Phi) is 4.82. The lowest BCUT2D eigenvalue weighted by atomic mass is 9.77. The molecular formula is C17H27FN2. The van der Waals surface area contributed by atoms with E-state index in [2.05, 4.69) is 18.7 Å². The van der Waals surface area contributed by atoms with Crippen molar-refractivity contribution < 1.29 is 4.39 Å². The molecule has 0 amide bonds. The third-order valence-electron chi connectivity index (χ3n) is 4.96. The van der Waals surface area contributed by atoms with Crippen LogP contribution >= 0.6 is 0 Å². The summed E-state index contributed by atoms with van der Waals surface area (Å²) in [4.78, 5) is 2.47. The number of nitrogens with zero attached hydrogens (tertiary/aromatic N) is 1. The number of benzene rings is 1. The molecule has 1 aliphatic heterocycles. The summed E-state index contributed by atoms with van der Waals surface area (Å²) in [7, 11) is 0. The van der Waals surface area contributed by atoms with Gasteiger partial charge in [-0.1, -0.05) is 32.4 Å². The molecule has 2 unspecified atom stereocenters. The van der Waals surface area contributed by atoms with Crippen molar-refractivity contribution in [2.75, 3.05) is 13.1 Å². The van der Waals surface area contributed by atoms with Crippen molar-refractivity contribution in [1.29, 1.82) is 0 Å². The molecule has 1 heterocycles. The highest BCUT2D eigenvalue weighted by Crippen LogP contribution is 2.37. The summed E-state index contributed by atoms with van der Waals surface area (Å²) in [6, 6.07) is 7.05. The highest BCUT2D eigenvalue weighted by Gasteiger charge is 2.33. The fourth-order valence-corrected chi connectivity index (χ4v) is 3.20. The lowest BCUT2D eigenvalue weighted by Crippen LogP contribution is -2.45. The molecule has 2 N–H and O–H groups in total. The Morgan fingerprint density at radius 2 is 1.80 bits per heavy atom. The number of rotatable bonds is 4. The zero-order chi connectivity index (χ0) is 14.8. The lowest BCUT2D eigenvalue weighted by Gasteiger charge is -2.43. The summed E-state index contributed by atoms with van der Waals surface area (Å²) in [5.74, 6) is -0.186. The Labute approximate surface area is 122 Å². The number of hydrogen-bond acceptors (Lipinski definition) is 2. The maximum atomic E-state index is 13.1. The van der Waals surface area contributed by atoms with E-state index in [1.807, 2.05) is 19.1 Å². The van der Waals surface area contributed by atoms with Crippen LogP contribution in [0.5, 0.6) is 0 Å². The van der Waals surface area contributed by atoms with E-state index >= 15 is 0 Å². The van der Waals surface area contributed by atoms with Gasteiger partial charge in [-0.2, -0.15) is 0 Å². The fourth-order valence-electron chi connectivity index (χ4n) is 3.20. The Bertz CT molecular complexity index is 419. The van der Waals surface area contributed by atoms with Crippen molar-refractivity contribution in [2.45, 2.75) is 52.1 Å².